The van der Waals surface area contributed by atoms with Gasteiger partial charge in [0.15, 0.2) is 5.69 Å². The van der Waals surface area contributed by atoms with E-state index in [9.17, 15) is 9.59 Å². The van der Waals surface area contributed by atoms with E-state index in [0.717, 1.165) is 18.7 Å². The fraction of sp³-hybridized carbons (Fsp3) is 0.211. The summed E-state index contributed by atoms with van der Waals surface area (Å²) in [7, 11) is 2.02. The molecule has 25 heavy (non-hydrogen) atoms. The zero-order chi connectivity index (χ0) is 17.6. The van der Waals surface area contributed by atoms with Gasteiger partial charge in [0.05, 0.1) is 5.39 Å². The maximum atomic E-state index is 12.4. The Labute approximate surface area is 145 Å². The number of fused-ring (bicyclic) bond motifs is 1. The molecule has 0 saturated carbocycles. The van der Waals surface area contributed by atoms with E-state index in [2.05, 4.69) is 32.5 Å². The molecule has 1 amide bonds. The third-order valence-corrected chi connectivity index (χ3v) is 4.06. The Morgan fingerprint density at radius 1 is 1.08 bits per heavy atom. The van der Waals surface area contributed by atoms with Crippen LogP contribution in [0.15, 0.2) is 59.4 Å². The highest BCUT2D eigenvalue weighted by molar-refractivity contribution is 6.04. The van der Waals surface area contributed by atoms with Crippen LogP contribution in [0, 0.1) is 0 Å². The molecule has 1 heterocycles. The van der Waals surface area contributed by atoms with Crippen molar-refractivity contribution in [2.45, 2.75) is 6.42 Å². The minimum absolute atomic E-state index is 0.242. The number of aromatic amines is 1. The third-order valence-electron chi connectivity index (χ3n) is 4.06. The summed E-state index contributed by atoms with van der Waals surface area (Å²) in [4.78, 5) is 26.3. The lowest BCUT2D eigenvalue weighted by molar-refractivity contribution is 0.0949. The van der Waals surface area contributed by atoms with Crippen LogP contribution in [0.1, 0.15) is 16.9 Å². The summed E-state index contributed by atoms with van der Waals surface area (Å²) in [6.07, 6.45) is 0.804. The van der Waals surface area contributed by atoms with Gasteiger partial charge in [0.25, 0.3) is 11.5 Å². The average molecular weight is 336 g/mol. The van der Waals surface area contributed by atoms with Crippen molar-refractivity contribution in [2.75, 3.05) is 25.0 Å². The molecule has 0 aliphatic carbocycles. The molecule has 0 saturated heterocycles. The van der Waals surface area contributed by atoms with Crippen LogP contribution >= 0.6 is 0 Å². The van der Waals surface area contributed by atoms with Crippen LogP contribution in [0.3, 0.4) is 0 Å². The van der Waals surface area contributed by atoms with Gasteiger partial charge in [-0.3, -0.25) is 9.59 Å². The molecule has 2 N–H and O–H groups in total. The van der Waals surface area contributed by atoms with E-state index in [4.69, 9.17) is 0 Å². The Morgan fingerprint density at radius 3 is 2.52 bits per heavy atom. The van der Waals surface area contributed by atoms with Crippen LogP contribution in [0.2, 0.25) is 0 Å². The van der Waals surface area contributed by atoms with Crippen LogP contribution in [0.5, 0.6) is 0 Å². The number of hydrogen-bond acceptors (Lipinski definition) is 4. The summed E-state index contributed by atoms with van der Waals surface area (Å²) in [5.41, 5.74) is 1.09. The van der Waals surface area contributed by atoms with E-state index >= 15 is 0 Å². The van der Waals surface area contributed by atoms with Crippen molar-refractivity contribution >= 4 is 22.4 Å². The molecule has 0 fully saturated rings. The molecule has 6 heteroatoms. The van der Waals surface area contributed by atoms with E-state index < -0.39 is 0 Å². The first-order valence-electron chi connectivity index (χ1n) is 8.18. The van der Waals surface area contributed by atoms with Gasteiger partial charge in [-0.15, -0.1) is 0 Å². The van der Waals surface area contributed by atoms with Gasteiger partial charge in [-0.05, 0) is 24.6 Å². The van der Waals surface area contributed by atoms with E-state index in [1.807, 2.05) is 25.2 Å². The van der Waals surface area contributed by atoms with E-state index in [1.165, 1.54) is 0 Å². The van der Waals surface area contributed by atoms with Crippen molar-refractivity contribution < 1.29 is 4.79 Å². The number of H-pyrrole nitrogens is 1. The van der Waals surface area contributed by atoms with Crippen molar-refractivity contribution in [2.24, 2.45) is 0 Å². The van der Waals surface area contributed by atoms with Gasteiger partial charge in [-0.1, -0.05) is 36.4 Å². The lowest BCUT2D eigenvalue weighted by Crippen LogP contribution is -2.29. The number of para-hydroxylation sites is 1. The molecule has 128 valence electrons. The number of nitrogens with one attached hydrogen (secondary N) is 2. The summed E-state index contributed by atoms with van der Waals surface area (Å²) in [5, 5.41) is 10.2. The summed E-state index contributed by atoms with van der Waals surface area (Å²) >= 11 is 0. The highest BCUT2D eigenvalue weighted by Gasteiger charge is 2.13. The topological polar surface area (TPSA) is 78.1 Å². The predicted molar refractivity (Wildman–Crippen MR) is 99.0 cm³/mol. The number of anilines is 1. The number of aromatic nitrogens is 2. The summed E-state index contributed by atoms with van der Waals surface area (Å²) in [6, 6.07) is 17.1. The average Bonchev–Trinajstić information content (AvgIpc) is 2.66. The minimum atomic E-state index is -0.295. The number of hydrogen-bond donors (Lipinski definition) is 2. The lowest BCUT2D eigenvalue weighted by Gasteiger charge is -2.19. The first-order valence-corrected chi connectivity index (χ1v) is 8.18. The molecular formula is C19H20N4O2. The van der Waals surface area contributed by atoms with Crippen molar-refractivity contribution in [3.8, 4) is 0 Å². The molecule has 1 aromatic heterocycles. The van der Waals surface area contributed by atoms with Crippen molar-refractivity contribution in [3.05, 3.63) is 70.6 Å². The maximum absolute atomic E-state index is 12.4. The van der Waals surface area contributed by atoms with E-state index in [1.54, 1.807) is 24.3 Å². The Bertz CT molecular complexity index is 921. The second-order valence-electron chi connectivity index (χ2n) is 5.81. The van der Waals surface area contributed by atoms with Gasteiger partial charge >= 0.3 is 0 Å². The Morgan fingerprint density at radius 2 is 1.76 bits per heavy atom. The van der Waals surface area contributed by atoms with E-state index in [0.29, 0.717) is 17.3 Å². The number of nitrogens with zero attached hydrogens (tertiary/aromatic N) is 2. The van der Waals surface area contributed by atoms with Gasteiger partial charge in [-0.25, -0.2) is 5.10 Å². The van der Waals surface area contributed by atoms with Crippen LogP contribution in [-0.4, -0.2) is 36.2 Å². The molecule has 3 aromatic rings. The van der Waals surface area contributed by atoms with Crippen molar-refractivity contribution in [1.82, 2.24) is 15.5 Å². The molecule has 3 rings (SSSR count). The largest absolute Gasteiger partial charge is 0.375 e. The lowest BCUT2D eigenvalue weighted by atomic mass is 10.1. The standard InChI is InChI=1S/C19H20N4O2/c1-23(14-8-3-2-4-9-14)13-7-12-20-19(25)17-15-10-5-6-11-16(15)18(24)22-21-17/h2-6,8-11H,7,12-13H2,1H3,(H,20,25)(H,22,24). The number of carbonyl (C=O) groups excluding carboxylic acids is 1. The second-order valence-corrected chi connectivity index (χ2v) is 5.81. The van der Waals surface area contributed by atoms with Gasteiger partial charge in [-0.2, -0.15) is 5.10 Å². The molecular weight excluding hydrogens is 316 g/mol. The van der Waals surface area contributed by atoms with Gasteiger partial charge in [0.2, 0.25) is 0 Å². The molecule has 0 atom stereocenters. The van der Waals surface area contributed by atoms with Crippen molar-refractivity contribution in [1.29, 1.82) is 0 Å². The SMILES string of the molecule is CN(CCCNC(=O)c1n[nH]c(=O)c2ccccc12)c1ccccc1. The highest BCUT2D eigenvalue weighted by atomic mass is 16.2. The number of amides is 1. The molecule has 0 bridgehead atoms. The zero-order valence-electron chi connectivity index (χ0n) is 14.0. The van der Waals surface area contributed by atoms with Crippen LogP contribution in [0.4, 0.5) is 5.69 Å². The van der Waals surface area contributed by atoms with Crippen molar-refractivity contribution in [3.63, 3.8) is 0 Å². The zero-order valence-corrected chi connectivity index (χ0v) is 14.0. The highest BCUT2D eigenvalue weighted by Crippen LogP contribution is 2.12. The molecule has 0 aliphatic rings. The van der Waals surface area contributed by atoms with Gasteiger partial charge < -0.3 is 10.2 Å². The Balaban J connectivity index is 1.59. The predicted octanol–water partition coefficient (Wildman–Crippen LogP) is 2.18. The maximum Gasteiger partial charge on any atom is 0.272 e. The smallest absolute Gasteiger partial charge is 0.272 e. The van der Waals surface area contributed by atoms with E-state index in [-0.39, 0.29) is 17.2 Å². The first-order chi connectivity index (χ1) is 12.2. The molecule has 2 aromatic carbocycles. The molecule has 0 radical (unpaired) electrons. The number of rotatable bonds is 6. The van der Waals surface area contributed by atoms with Crippen LogP contribution in [0.25, 0.3) is 10.8 Å². The third kappa shape index (κ3) is 3.85. The first kappa shape index (κ1) is 16.7. The second kappa shape index (κ2) is 7.61. The number of carbonyl (C=O) groups is 1. The minimum Gasteiger partial charge on any atom is -0.375 e. The summed E-state index contributed by atoms with van der Waals surface area (Å²) in [6.45, 7) is 1.36. The quantitative estimate of drug-likeness (QED) is 0.676. The fourth-order valence-electron chi connectivity index (χ4n) is 2.70. The molecule has 6 nitrogen and oxygen atoms in total. The molecule has 0 unspecified atom stereocenters. The van der Waals surface area contributed by atoms with Gasteiger partial charge in [0, 0.05) is 31.2 Å². The Kier molecular flexibility index (Phi) is 5.09. The molecule has 0 aliphatic heterocycles. The monoisotopic (exact) mass is 336 g/mol. The summed E-state index contributed by atoms with van der Waals surface area (Å²) < 4.78 is 0. The normalized spacial score (nSPS) is 10.6. The summed E-state index contributed by atoms with van der Waals surface area (Å²) in [5.74, 6) is -0.283. The fourth-order valence-corrected chi connectivity index (χ4v) is 2.70. The van der Waals surface area contributed by atoms with Crippen LogP contribution in [-0.2, 0) is 0 Å². The Hall–Kier alpha value is -3.15. The van der Waals surface area contributed by atoms with Crippen LogP contribution < -0.4 is 15.8 Å². The van der Waals surface area contributed by atoms with Gasteiger partial charge in [0.1, 0.15) is 0 Å². The number of benzene rings is 2. The molecule has 0 spiro atoms.